The van der Waals surface area contributed by atoms with Crippen LogP contribution in [0, 0.1) is 5.92 Å². The molecule has 0 bridgehead atoms. The van der Waals surface area contributed by atoms with Gasteiger partial charge in [0.1, 0.15) is 6.33 Å². The number of nitrogens with one attached hydrogen (secondary N) is 2. The molecule has 0 spiro atoms. The van der Waals surface area contributed by atoms with E-state index in [9.17, 15) is 4.79 Å². The highest BCUT2D eigenvalue weighted by atomic mass is 16.1. The maximum absolute atomic E-state index is 12.1. The number of likely N-dealkylation sites (tertiary alicyclic amines) is 1. The van der Waals surface area contributed by atoms with Gasteiger partial charge in [-0.15, -0.1) is 0 Å². The number of H-pyrrole nitrogens is 1. The molecule has 1 aliphatic heterocycles. The molecule has 1 amide bonds. The first-order valence-electron chi connectivity index (χ1n) is 9.10. The standard InChI is InChI=1S/C20H23N5O/c26-20(17-10-21-14-22-11-17)23-9-15-4-3-7-25(12-15)13-18-8-16-5-1-2-6-19(16)24-18/h1-2,5-6,8,10-11,14-15,24H,3-4,7,9,12-13H2,(H,23,26)/t15-/m1/s1. The van der Waals surface area contributed by atoms with Gasteiger partial charge in [0, 0.05) is 43.2 Å². The molecule has 4 rings (SSSR count). The average molecular weight is 349 g/mol. The van der Waals surface area contributed by atoms with Gasteiger partial charge in [-0.05, 0) is 42.8 Å². The number of benzene rings is 1. The zero-order valence-electron chi connectivity index (χ0n) is 14.7. The van der Waals surface area contributed by atoms with E-state index in [-0.39, 0.29) is 5.91 Å². The highest BCUT2D eigenvalue weighted by Crippen LogP contribution is 2.20. The largest absolute Gasteiger partial charge is 0.357 e. The first-order chi connectivity index (χ1) is 12.8. The van der Waals surface area contributed by atoms with Crippen LogP contribution < -0.4 is 5.32 Å². The number of hydrogen-bond donors (Lipinski definition) is 2. The van der Waals surface area contributed by atoms with Crippen LogP contribution in [0.4, 0.5) is 0 Å². The monoisotopic (exact) mass is 349 g/mol. The highest BCUT2D eigenvalue weighted by Gasteiger charge is 2.21. The summed E-state index contributed by atoms with van der Waals surface area (Å²) in [6.45, 7) is 3.72. The Morgan fingerprint density at radius 2 is 2.12 bits per heavy atom. The van der Waals surface area contributed by atoms with Gasteiger partial charge in [-0.2, -0.15) is 0 Å². The molecule has 3 heterocycles. The fourth-order valence-corrected chi connectivity index (χ4v) is 3.68. The van der Waals surface area contributed by atoms with Crippen molar-refractivity contribution in [2.75, 3.05) is 19.6 Å². The molecule has 1 aromatic carbocycles. The van der Waals surface area contributed by atoms with Gasteiger partial charge in [0.05, 0.1) is 5.56 Å². The smallest absolute Gasteiger partial charge is 0.254 e. The van der Waals surface area contributed by atoms with E-state index in [0.717, 1.165) is 32.5 Å². The Kier molecular flexibility index (Phi) is 4.93. The third-order valence-corrected chi connectivity index (χ3v) is 4.96. The maximum Gasteiger partial charge on any atom is 0.254 e. The number of hydrogen-bond acceptors (Lipinski definition) is 4. The molecule has 26 heavy (non-hydrogen) atoms. The predicted octanol–water partition coefficient (Wildman–Crippen LogP) is 2.60. The van der Waals surface area contributed by atoms with E-state index in [1.165, 1.54) is 22.9 Å². The van der Waals surface area contributed by atoms with Crippen LogP contribution in [-0.2, 0) is 6.54 Å². The summed E-state index contributed by atoms with van der Waals surface area (Å²) in [5.41, 5.74) is 2.95. The van der Waals surface area contributed by atoms with E-state index in [1.54, 1.807) is 12.4 Å². The van der Waals surface area contributed by atoms with Gasteiger partial charge in [0.2, 0.25) is 0 Å². The summed E-state index contributed by atoms with van der Waals surface area (Å²) in [5.74, 6) is 0.375. The minimum atomic E-state index is -0.0988. The van der Waals surface area contributed by atoms with Gasteiger partial charge >= 0.3 is 0 Å². The number of nitrogens with zero attached hydrogens (tertiary/aromatic N) is 3. The zero-order chi connectivity index (χ0) is 17.8. The normalized spacial score (nSPS) is 18.1. The summed E-state index contributed by atoms with van der Waals surface area (Å²) in [6, 6.07) is 10.6. The Bertz CT molecular complexity index is 843. The minimum Gasteiger partial charge on any atom is -0.357 e. The quantitative estimate of drug-likeness (QED) is 0.742. The van der Waals surface area contributed by atoms with Crippen molar-refractivity contribution >= 4 is 16.8 Å². The lowest BCUT2D eigenvalue weighted by Crippen LogP contribution is -2.40. The van der Waals surface area contributed by atoms with Crippen molar-refractivity contribution in [1.29, 1.82) is 0 Å². The Balaban J connectivity index is 1.31. The third-order valence-electron chi connectivity index (χ3n) is 4.96. The van der Waals surface area contributed by atoms with E-state index in [0.29, 0.717) is 18.0 Å². The molecule has 3 aromatic rings. The van der Waals surface area contributed by atoms with Crippen LogP contribution in [0.15, 0.2) is 49.1 Å². The molecule has 1 aliphatic rings. The zero-order valence-corrected chi connectivity index (χ0v) is 14.7. The lowest BCUT2D eigenvalue weighted by atomic mass is 9.97. The number of para-hydroxylation sites is 1. The molecule has 2 N–H and O–H groups in total. The molecule has 1 saturated heterocycles. The lowest BCUT2D eigenvalue weighted by Gasteiger charge is -2.32. The summed E-state index contributed by atoms with van der Waals surface area (Å²) in [7, 11) is 0. The molecule has 6 heteroatoms. The molecule has 0 aliphatic carbocycles. The van der Waals surface area contributed by atoms with Gasteiger partial charge < -0.3 is 10.3 Å². The van der Waals surface area contributed by atoms with Crippen LogP contribution in [0.2, 0.25) is 0 Å². The molecule has 0 unspecified atom stereocenters. The second kappa shape index (κ2) is 7.66. The molecular weight excluding hydrogens is 326 g/mol. The summed E-state index contributed by atoms with van der Waals surface area (Å²) < 4.78 is 0. The van der Waals surface area contributed by atoms with Crippen LogP contribution in [-0.4, -0.2) is 45.4 Å². The van der Waals surface area contributed by atoms with Crippen molar-refractivity contribution in [3.63, 3.8) is 0 Å². The fourth-order valence-electron chi connectivity index (χ4n) is 3.68. The van der Waals surface area contributed by atoms with Crippen molar-refractivity contribution in [2.45, 2.75) is 19.4 Å². The second-order valence-corrected chi connectivity index (χ2v) is 6.96. The molecule has 0 saturated carbocycles. The van der Waals surface area contributed by atoms with Crippen molar-refractivity contribution in [3.05, 3.63) is 60.3 Å². The Hall–Kier alpha value is -2.73. The molecule has 6 nitrogen and oxygen atoms in total. The Labute approximate surface area is 152 Å². The minimum absolute atomic E-state index is 0.0988. The molecule has 1 fully saturated rings. The molecular formula is C20H23N5O. The first-order valence-corrected chi connectivity index (χ1v) is 9.10. The van der Waals surface area contributed by atoms with Crippen molar-refractivity contribution < 1.29 is 4.79 Å². The van der Waals surface area contributed by atoms with Crippen LogP contribution in [0.1, 0.15) is 28.9 Å². The van der Waals surface area contributed by atoms with E-state index >= 15 is 0 Å². The molecule has 1 atom stereocenters. The molecule has 0 radical (unpaired) electrons. The molecule has 2 aromatic heterocycles. The number of carbonyl (C=O) groups is 1. The van der Waals surface area contributed by atoms with E-state index in [1.807, 2.05) is 0 Å². The number of rotatable bonds is 5. The van der Waals surface area contributed by atoms with Crippen LogP contribution >= 0.6 is 0 Å². The van der Waals surface area contributed by atoms with Gasteiger partial charge in [0.25, 0.3) is 5.91 Å². The number of piperidine rings is 1. The first kappa shape index (κ1) is 16.7. The van der Waals surface area contributed by atoms with Gasteiger partial charge in [-0.25, -0.2) is 9.97 Å². The predicted molar refractivity (Wildman–Crippen MR) is 101 cm³/mol. The summed E-state index contributed by atoms with van der Waals surface area (Å²) in [4.78, 5) is 25.9. The maximum atomic E-state index is 12.1. The van der Waals surface area contributed by atoms with E-state index < -0.39 is 0 Å². The Morgan fingerprint density at radius 1 is 1.27 bits per heavy atom. The number of aromatic amines is 1. The van der Waals surface area contributed by atoms with E-state index in [2.05, 4.69) is 55.5 Å². The van der Waals surface area contributed by atoms with Gasteiger partial charge in [-0.3, -0.25) is 9.69 Å². The van der Waals surface area contributed by atoms with Crippen molar-refractivity contribution in [2.24, 2.45) is 5.92 Å². The highest BCUT2D eigenvalue weighted by molar-refractivity contribution is 5.93. The average Bonchev–Trinajstić information content (AvgIpc) is 3.09. The van der Waals surface area contributed by atoms with Crippen molar-refractivity contribution in [1.82, 2.24) is 25.2 Å². The number of carbonyl (C=O) groups excluding carboxylic acids is 1. The van der Waals surface area contributed by atoms with E-state index in [4.69, 9.17) is 0 Å². The number of aromatic nitrogens is 3. The Morgan fingerprint density at radius 3 is 2.96 bits per heavy atom. The van der Waals surface area contributed by atoms with Crippen LogP contribution in [0.5, 0.6) is 0 Å². The summed E-state index contributed by atoms with van der Waals surface area (Å²) in [5, 5.41) is 4.28. The summed E-state index contributed by atoms with van der Waals surface area (Å²) in [6.07, 6.45) is 6.83. The SMILES string of the molecule is O=C(NC[C@H]1CCCN(Cc2cc3ccccc3[nH]2)C1)c1cncnc1. The van der Waals surface area contributed by atoms with Gasteiger partial charge in [-0.1, -0.05) is 18.2 Å². The second-order valence-electron chi connectivity index (χ2n) is 6.96. The number of fused-ring (bicyclic) bond motifs is 1. The number of amides is 1. The van der Waals surface area contributed by atoms with Crippen LogP contribution in [0.3, 0.4) is 0 Å². The van der Waals surface area contributed by atoms with Crippen molar-refractivity contribution in [3.8, 4) is 0 Å². The third kappa shape index (κ3) is 3.91. The fraction of sp³-hybridized carbons (Fsp3) is 0.350. The van der Waals surface area contributed by atoms with Gasteiger partial charge in [0.15, 0.2) is 0 Å². The lowest BCUT2D eigenvalue weighted by molar-refractivity contribution is 0.0929. The topological polar surface area (TPSA) is 73.9 Å². The van der Waals surface area contributed by atoms with Crippen LogP contribution in [0.25, 0.3) is 10.9 Å². The summed E-state index contributed by atoms with van der Waals surface area (Å²) >= 11 is 0. The molecule has 134 valence electrons.